The summed E-state index contributed by atoms with van der Waals surface area (Å²) in [4.78, 5) is 57.8. The van der Waals surface area contributed by atoms with Crippen molar-refractivity contribution in [2.45, 2.75) is 40.0 Å². The van der Waals surface area contributed by atoms with Crippen LogP contribution in [0.4, 0.5) is 0 Å². The first-order valence-corrected chi connectivity index (χ1v) is 11.7. The second kappa shape index (κ2) is 10.7. The molecular weight excluding hydrogens is 408 g/mol. The lowest BCUT2D eigenvalue weighted by molar-refractivity contribution is -0.132. The first-order chi connectivity index (χ1) is 15.4. The Balaban J connectivity index is 1.65. The maximum Gasteiger partial charge on any atom is 0.261 e. The fourth-order valence-corrected chi connectivity index (χ4v) is 4.33. The summed E-state index contributed by atoms with van der Waals surface area (Å²) in [6, 6.07) is 4.81. The molecule has 32 heavy (non-hydrogen) atoms. The lowest BCUT2D eigenvalue weighted by Gasteiger charge is -2.25. The highest BCUT2D eigenvalue weighted by molar-refractivity contribution is 6.22. The number of fused-ring (bicyclic) bond motifs is 1. The summed E-state index contributed by atoms with van der Waals surface area (Å²) in [5.74, 6) is -0.619. The van der Waals surface area contributed by atoms with Gasteiger partial charge in [-0.15, -0.1) is 0 Å². The molecule has 1 aromatic carbocycles. The van der Waals surface area contributed by atoms with Gasteiger partial charge in [-0.3, -0.25) is 29.0 Å². The summed E-state index contributed by atoms with van der Waals surface area (Å²) in [6.07, 6.45) is 2.44. The summed E-state index contributed by atoms with van der Waals surface area (Å²) in [6.45, 7) is 10.6. The normalized spacial score (nSPS) is 16.8. The van der Waals surface area contributed by atoms with Gasteiger partial charge in [0.1, 0.15) is 0 Å². The molecule has 1 aromatic rings. The molecule has 0 bridgehead atoms. The van der Waals surface area contributed by atoms with E-state index in [1.165, 1.54) is 4.90 Å². The van der Waals surface area contributed by atoms with Crippen molar-refractivity contribution in [3.8, 4) is 0 Å². The van der Waals surface area contributed by atoms with E-state index in [0.29, 0.717) is 62.5 Å². The highest BCUT2D eigenvalue weighted by Crippen LogP contribution is 2.25. The molecule has 0 spiro atoms. The predicted octanol–water partition coefficient (Wildman–Crippen LogP) is 2.10. The molecule has 4 amide bonds. The molecule has 0 aromatic heterocycles. The fourth-order valence-electron chi connectivity index (χ4n) is 4.33. The van der Waals surface area contributed by atoms with Crippen molar-refractivity contribution in [1.29, 1.82) is 0 Å². The van der Waals surface area contributed by atoms with E-state index in [2.05, 4.69) is 4.90 Å². The smallest absolute Gasteiger partial charge is 0.261 e. The van der Waals surface area contributed by atoms with Gasteiger partial charge in [0.05, 0.1) is 17.7 Å². The lowest BCUT2D eigenvalue weighted by atomic mass is 10.0. The number of carbonyl (C=O) groups is 4. The molecular formula is C24H34N4O4. The minimum Gasteiger partial charge on any atom is -0.342 e. The third kappa shape index (κ3) is 5.01. The molecule has 0 atom stereocenters. The monoisotopic (exact) mass is 442 g/mol. The first kappa shape index (κ1) is 23.9. The topological polar surface area (TPSA) is 81.2 Å². The standard InChI is InChI=1S/C24H34N4O4/c1-4-7-13-28-23(31)19-10-9-18(16-20(19)24(28)32)22(30)27-12-8-11-25(14-15-27)17-21(29)26(5-2)6-3/h9-10,16H,4-8,11-15,17H2,1-3H3. The number of rotatable bonds is 8. The zero-order chi connectivity index (χ0) is 23.3. The van der Waals surface area contributed by atoms with Gasteiger partial charge in [0, 0.05) is 51.4 Å². The molecule has 2 aliphatic rings. The number of benzene rings is 1. The van der Waals surface area contributed by atoms with E-state index in [1.807, 2.05) is 25.7 Å². The lowest BCUT2D eigenvalue weighted by Crippen LogP contribution is -2.42. The van der Waals surface area contributed by atoms with Crippen LogP contribution in [0.3, 0.4) is 0 Å². The van der Waals surface area contributed by atoms with E-state index >= 15 is 0 Å². The molecule has 0 saturated carbocycles. The Morgan fingerprint density at radius 1 is 0.938 bits per heavy atom. The van der Waals surface area contributed by atoms with E-state index in [-0.39, 0.29) is 23.6 Å². The number of amides is 4. The van der Waals surface area contributed by atoms with Crippen molar-refractivity contribution >= 4 is 23.6 Å². The largest absolute Gasteiger partial charge is 0.342 e. The van der Waals surface area contributed by atoms with Crippen molar-refractivity contribution < 1.29 is 19.2 Å². The highest BCUT2D eigenvalue weighted by atomic mass is 16.2. The van der Waals surface area contributed by atoms with Crippen molar-refractivity contribution in [2.24, 2.45) is 0 Å². The van der Waals surface area contributed by atoms with Crippen molar-refractivity contribution in [3.63, 3.8) is 0 Å². The van der Waals surface area contributed by atoms with Gasteiger partial charge in [-0.1, -0.05) is 13.3 Å². The Kier molecular flexibility index (Phi) is 8.01. The molecule has 2 aliphatic heterocycles. The number of likely N-dealkylation sites (N-methyl/N-ethyl adjacent to an activating group) is 1. The molecule has 174 valence electrons. The maximum atomic E-state index is 13.1. The Morgan fingerprint density at radius 3 is 2.34 bits per heavy atom. The summed E-state index contributed by atoms with van der Waals surface area (Å²) in [5, 5.41) is 0. The van der Waals surface area contributed by atoms with Crippen LogP contribution in [-0.4, -0.2) is 95.6 Å². The Morgan fingerprint density at radius 2 is 1.66 bits per heavy atom. The van der Waals surface area contributed by atoms with Gasteiger partial charge in [0.15, 0.2) is 0 Å². The SMILES string of the molecule is CCCCN1C(=O)c2ccc(C(=O)N3CCCN(CC(=O)N(CC)CC)CC3)cc2C1=O. The number of hydrogen-bond donors (Lipinski definition) is 0. The number of nitrogens with zero attached hydrogens (tertiary/aromatic N) is 4. The van der Waals surface area contributed by atoms with Gasteiger partial charge in [0.25, 0.3) is 17.7 Å². The predicted molar refractivity (Wildman–Crippen MR) is 122 cm³/mol. The number of hydrogen-bond acceptors (Lipinski definition) is 5. The van der Waals surface area contributed by atoms with Crippen LogP contribution in [0.25, 0.3) is 0 Å². The van der Waals surface area contributed by atoms with Crippen LogP contribution in [0.1, 0.15) is 71.1 Å². The Hall–Kier alpha value is -2.74. The summed E-state index contributed by atoms with van der Waals surface area (Å²) >= 11 is 0. The van der Waals surface area contributed by atoms with Crippen LogP contribution in [-0.2, 0) is 4.79 Å². The molecule has 2 heterocycles. The number of imide groups is 1. The van der Waals surface area contributed by atoms with Crippen molar-refractivity contribution in [2.75, 3.05) is 52.4 Å². The zero-order valence-corrected chi connectivity index (χ0v) is 19.4. The molecule has 1 saturated heterocycles. The molecule has 0 N–H and O–H groups in total. The van der Waals surface area contributed by atoms with Crippen molar-refractivity contribution in [3.05, 3.63) is 34.9 Å². The van der Waals surface area contributed by atoms with E-state index in [1.54, 1.807) is 23.1 Å². The number of unbranched alkanes of at least 4 members (excludes halogenated alkanes) is 1. The highest BCUT2D eigenvalue weighted by Gasteiger charge is 2.36. The number of carbonyl (C=O) groups excluding carboxylic acids is 4. The second-order valence-corrected chi connectivity index (χ2v) is 8.36. The molecule has 8 nitrogen and oxygen atoms in total. The van der Waals surface area contributed by atoms with Crippen LogP contribution in [0, 0.1) is 0 Å². The minimum atomic E-state index is -0.315. The van der Waals surface area contributed by atoms with Crippen molar-refractivity contribution in [1.82, 2.24) is 19.6 Å². The van der Waals surface area contributed by atoms with Gasteiger partial charge in [0.2, 0.25) is 5.91 Å². The van der Waals surface area contributed by atoms with Gasteiger partial charge >= 0.3 is 0 Å². The Bertz CT molecular complexity index is 881. The first-order valence-electron chi connectivity index (χ1n) is 11.7. The summed E-state index contributed by atoms with van der Waals surface area (Å²) in [7, 11) is 0. The zero-order valence-electron chi connectivity index (χ0n) is 19.4. The van der Waals surface area contributed by atoms with Crippen LogP contribution in [0.5, 0.6) is 0 Å². The molecule has 8 heteroatoms. The molecule has 0 aliphatic carbocycles. The average molecular weight is 443 g/mol. The minimum absolute atomic E-state index is 0.115. The average Bonchev–Trinajstić information content (AvgIpc) is 2.93. The molecule has 1 fully saturated rings. The van der Waals surface area contributed by atoms with Gasteiger partial charge in [-0.25, -0.2) is 0 Å². The quantitative estimate of drug-likeness (QED) is 0.576. The Labute approximate surface area is 190 Å². The van der Waals surface area contributed by atoms with Gasteiger partial charge in [-0.2, -0.15) is 0 Å². The van der Waals surface area contributed by atoms with Gasteiger partial charge < -0.3 is 9.80 Å². The third-order valence-electron chi connectivity index (χ3n) is 6.30. The van der Waals surface area contributed by atoms with E-state index in [9.17, 15) is 19.2 Å². The summed E-state index contributed by atoms with van der Waals surface area (Å²) in [5.41, 5.74) is 1.12. The van der Waals surface area contributed by atoms with Gasteiger partial charge in [-0.05, 0) is 44.9 Å². The fraction of sp³-hybridized carbons (Fsp3) is 0.583. The molecule has 3 rings (SSSR count). The third-order valence-corrected chi connectivity index (χ3v) is 6.30. The van der Waals surface area contributed by atoms with Crippen LogP contribution >= 0.6 is 0 Å². The molecule has 0 unspecified atom stereocenters. The maximum absolute atomic E-state index is 13.1. The summed E-state index contributed by atoms with van der Waals surface area (Å²) < 4.78 is 0. The van der Waals surface area contributed by atoms with E-state index in [4.69, 9.17) is 0 Å². The van der Waals surface area contributed by atoms with E-state index in [0.717, 1.165) is 25.8 Å². The van der Waals surface area contributed by atoms with Crippen LogP contribution in [0.15, 0.2) is 18.2 Å². The van der Waals surface area contributed by atoms with Crippen LogP contribution in [0.2, 0.25) is 0 Å². The second-order valence-electron chi connectivity index (χ2n) is 8.36. The van der Waals surface area contributed by atoms with Crippen LogP contribution < -0.4 is 0 Å². The van der Waals surface area contributed by atoms with E-state index < -0.39 is 0 Å². The molecule has 0 radical (unpaired) electrons.